The van der Waals surface area contributed by atoms with Crippen LogP contribution in [0.5, 0.6) is 5.75 Å². The Hall–Kier alpha value is -2.12. The van der Waals surface area contributed by atoms with Gasteiger partial charge in [0.05, 0.1) is 26.3 Å². The lowest BCUT2D eigenvalue weighted by molar-refractivity contribution is -0.146. The van der Waals surface area contributed by atoms with Gasteiger partial charge in [-0.05, 0) is 37.1 Å². The van der Waals surface area contributed by atoms with Crippen molar-refractivity contribution in [1.29, 1.82) is 0 Å². The number of carbonyl (C=O) groups excluding carboxylic acids is 2. The smallest absolute Gasteiger partial charge is 0.242 e. The number of aliphatic hydroxyl groups excluding tert-OH is 1. The number of β-amino-alcohol motifs (C(OH)–C–C–N with tert-alkyl or cyclic N) is 1. The van der Waals surface area contributed by atoms with E-state index in [1.165, 1.54) is 0 Å². The average molecular weight is 361 g/mol. The lowest BCUT2D eigenvalue weighted by Crippen LogP contribution is -2.54. The molecule has 2 heterocycles. The van der Waals surface area contributed by atoms with Gasteiger partial charge in [-0.2, -0.15) is 0 Å². The van der Waals surface area contributed by atoms with Crippen molar-refractivity contribution < 1.29 is 19.4 Å². The molecule has 1 aromatic rings. The van der Waals surface area contributed by atoms with E-state index >= 15 is 0 Å². The van der Waals surface area contributed by atoms with Crippen molar-refractivity contribution in [2.75, 3.05) is 46.4 Å². The summed E-state index contributed by atoms with van der Waals surface area (Å²) in [6.07, 6.45) is 1.35. The highest BCUT2D eigenvalue weighted by Crippen LogP contribution is 2.16. The van der Waals surface area contributed by atoms with Gasteiger partial charge in [0.2, 0.25) is 11.8 Å². The zero-order valence-corrected chi connectivity index (χ0v) is 15.3. The molecule has 1 N–H and O–H groups in total. The highest BCUT2D eigenvalue weighted by Gasteiger charge is 2.29. The van der Waals surface area contributed by atoms with Gasteiger partial charge in [-0.3, -0.25) is 14.5 Å². The summed E-state index contributed by atoms with van der Waals surface area (Å²) in [5, 5.41) is 9.72. The molecule has 0 spiro atoms. The van der Waals surface area contributed by atoms with Gasteiger partial charge in [-0.1, -0.05) is 12.1 Å². The molecular formula is C19H27N3O4. The Bertz CT molecular complexity index is 651. The molecule has 26 heavy (non-hydrogen) atoms. The highest BCUT2D eigenvalue weighted by molar-refractivity contribution is 5.86. The summed E-state index contributed by atoms with van der Waals surface area (Å²) in [7, 11) is 1.62. The first-order valence-corrected chi connectivity index (χ1v) is 9.14. The maximum atomic E-state index is 12.5. The Morgan fingerprint density at radius 3 is 2.88 bits per heavy atom. The summed E-state index contributed by atoms with van der Waals surface area (Å²) in [4.78, 5) is 30.3. The van der Waals surface area contributed by atoms with Gasteiger partial charge >= 0.3 is 0 Å². The van der Waals surface area contributed by atoms with Gasteiger partial charge < -0.3 is 19.6 Å². The number of methoxy groups -OCH3 is 1. The van der Waals surface area contributed by atoms with Crippen molar-refractivity contribution in [3.63, 3.8) is 0 Å². The fourth-order valence-electron chi connectivity index (χ4n) is 3.55. The number of hydrogen-bond acceptors (Lipinski definition) is 5. The Morgan fingerprint density at radius 1 is 1.31 bits per heavy atom. The molecule has 7 heteroatoms. The molecule has 1 aromatic carbocycles. The van der Waals surface area contributed by atoms with E-state index in [0.29, 0.717) is 26.2 Å². The van der Waals surface area contributed by atoms with Crippen LogP contribution in [-0.4, -0.2) is 84.1 Å². The largest absolute Gasteiger partial charge is 0.497 e. The van der Waals surface area contributed by atoms with Crippen LogP contribution in [-0.2, 0) is 16.1 Å². The molecule has 2 amide bonds. The van der Waals surface area contributed by atoms with Crippen molar-refractivity contribution in [1.82, 2.24) is 14.7 Å². The first kappa shape index (κ1) is 18.7. The third-order valence-electron chi connectivity index (χ3n) is 5.02. The summed E-state index contributed by atoms with van der Waals surface area (Å²) in [6.45, 7) is 3.37. The molecule has 0 radical (unpaired) electrons. The number of rotatable bonds is 5. The molecule has 0 saturated carbocycles. The van der Waals surface area contributed by atoms with Crippen LogP contribution in [0.15, 0.2) is 24.3 Å². The lowest BCUT2D eigenvalue weighted by atomic mass is 10.1. The van der Waals surface area contributed by atoms with Crippen LogP contribution in [0, 0.1) is 0 Å². The minimum atomic E-state index is -0.349. The van der Waals surface area contributed by atoms with Crippen molar-refractivity contribution in [2.24, 2.45) is 0 Å². The average Bonchev–Trinajstić information content (AvgIpc) is 2.63. The van der Waals surface area contributed by atoms with E-state index in [1.54, 1.807) is 16.9 Å². The molecule has 142 valence electrons. The molecule has 0 bridgehead atoms. The van der Waals surface area contributed by atoms with Gasteiger partial charge in [-0.15, -0.1) is 0 Å². The standard InChI is InChI=1S/C19H27N3O4/c1-26-17-6-2-4-15(10-17)11-21-8-9-22(14-19(21)25)18(24)13-20-7-3-5-16(23)12-20/h2,4,6,10,16,23H,3,5,7-9,11-14H2,1H3. The topological polar surface area (TPSA) is 73.3 Å². The number of benzene rings is 1. The Kier molecular flexibility index (Phi) is 6.11. The van der Waals surface area contributed by atoms with Crippen LogP contribution in [0.4, 0.5) is 0 Å². The fourth-order valence-corrected chi connectivity index (χ4v) is 3.55. The Morgan fingerprint density at radius 2 is 2.15 bits per heavy atom. The van der Waals surface area contributed by atoms with Crippen molar-refractivity contribution >= 4 is 11.8 Å². The molecule has 2 aliphatic rings. The first-order valence-electron chi connectivity index (χ1n) is 9.14. The molecule has 2 aliphatic heterocycles. The second-order valence-corrected chi connectivity index (χ2v) is 7.01. The molecular weight excluding hydrogens is 334 g/mol. The molecule has 0 aromatic heterocycles. The first-order chi connectivity index (χ1) is 12.5. The van der Waals surface area contributed by atoms with E-state index in [0.717, 1.165) is 30.7 Å². The third kappa shape index (κ3) is 4.74. The van der Waals surface area contributed by atoms with Crippen molar-refractivity contribution in [2.45, 2.75) is 25.5 Å². The SMILES string of the molecule is COc1cccc(CN2CCN(C(=O)CN3CCCC(O)C3)CC2=O)c1. The molecule has 2 fully saturated rings. The van der Waals surface area contributed by atoms with Gasteiger partial charge in [0.15, 0.2) is 0 Å². The number of piperazine rings is 1. The minimum Gasteiger partial charge on any atom is -0.497 e. The van der Waals surface area contributed by atoms with Gasteiger partial charge in [0, 0.05) is 26.2 Å². The number of carbonyl (C=O) groups is 2. The zero-order valence-electron chi connectivity index (χ0n) is 15.3. The van der Waals surface area contributed by atoms with Crippen molar-refractivity contribution in [3.05, 3.63) is 29.8 Å². The Balaban J connectivity index is 1.51. The van der Waals surface area contributed by atoms with Gasteiger partial charge in [-0.25, -0.2) is 0 Å². The van der Waals surface area contributed by atoms with Gasteiger partial charge in [0.25, 0.3) is 0 Å². The number of amides is 2. The minimum absolute atomic E-state index is 0.0338. The van der Waals surface area contributed by atoms with E-state index in [2.05, 4.69) is 0 Å². The Labute approximate surface area is 154 Å². The van der Waals surface area contributed by atoms with E-state index in [1.807, 2.05) is 29.2 Å². The predicted octanol–water partition coefficient (Wildman–Crippen LogP) is 0.323. The molecule has 3 rings (SSSR count). The maximum Gasteiger partial charge on any atom is 0.242 e. The second kappa shape index (κ2) is 8.51. The molecule has 2 saturated heterocycles. The summed E-state index contributed by atoms with van der Waals surface area (Å²) >= 11 is 0. The number of nitrogens with zero attached hydrogens (tertiary/aromatic N) is 3. The maximum absolute atomic E-state index is 12.5. The van der Waals surface area contributed by atoms with E-state index in [-0.39, 0.29) is 31.0 Å². The van der Waals surface area contributed by atoms with E-state index < -0.39 is 0 Å². The predicted molar refractivity (Wildman–Crippen MR) is 96.7 cm³/mol. The molecule has 1 unspecified atom stereocenters. The number of ether oxygens (including phenoxy) is 1. The monoisotopic (exact) mass is 361 g/mol. The highest BCUT2D eigenvalue weighted by atomic mass is 16.5. The van der Waals surface area contributed by atoms with Crippen LogP contribution in [0.2, 0.25) is 0 Å². The van der Waals surface area contributed by atoms with Crippen LogP contribution in [0.1, 0.15) is 18.4 Å². The molecule has 7 nitrogen and oxygen atoms in total. The van der Waals surface area contributed by atoms with Crippen LogP contribution in [0.3, 0.4) is 0 Å². The fraction of sp³-hybridized carbons (Fsp3) is 0.579. The second-order valence-electron chi connectivity index (χ2n) is 7.01. The lowest BCUT2D eigenvalue weighted by Gasteiger charge is -2.36. The zero-order chi connectivity index (χ0) is 18.5. The summed E-state index contributed by atoms with van der Waals surface area (Å²) in [5.74, 6) is 0.701. The summed E-state index contributed by atoms with van der Waals surface area (Å²) < 4.78 is 5.22. The normalized spacial score (nSPS) is 21.8. The summed E-state index contributed by atoms with van der Waals surface area (Å²) in [6, 6.07) is 7.67. The van der Waals surface area contributed by atoms with Gasteiger partial charge in [0.1, 0.15) is 5.75 Å². The van der Waals surface area contributed by atoms with Crippen LogP contribution < -0.4 is 4.74 Å². The van der Waals surface area contributed by atoms with Crippen LogP contribution >= 0.6 is 0 Å². The quantitative estimate of drug-likeness (QED) is 0.818. The van der Waals surface area contributed by atoms with E-state index in [9.17, 15) is 14.7 Å². The van der Waals surface area contributed by atoms with E-state index in [4.69, 9.17) is 4.74 Å². The number of likely N-dealkylation sites (tertiary alicyclic amines) is 1. The summed E-state index contributed by atoms with van der Waals surface area (Å²) in [5.41, 5.74) is 1.01. The number of hydrogen-bond donors (Lipinski definition) is 1. The molecule has 0 aliphatic carbocycles. The molecule has 1 atom stereocenters. The number of piperidine rings is 1. The van der Waals surface area contributed by atoms with Crippen molar-refractivity contribution in [3.8, 4) is 5.75 Å². The van der Waals surface area contributed by atoms with Crippen LogP contribution in [0.25, 0.3) is 0 Å². The third-order valence-corrected chi connectivity index (χ3v) is 5.02. The number of aliphatic hydroxyl groups is 1.